The van der Waals surface area contributed by atoms with Gasteiger partial charge in [-0.25, -0.2) is 0 Å². The average Bonchev–Trinajstić information content (AvgIpc) is 3.15. The van der Waals surface area contributed by atoms with Crippen LogP contribution >= 0.6 is 0 Å². The van der Waals surface area contributed by atoms with Gasteiger partial charge in [0.2, 0.25) is 10.9 Å². The summed E-state index contributed by atoms with van der Waals surface area (Å²) in [7, 11) is 3.35. The standard InChI is InChI=1S/C14H14N8O3/c1-21-10(3-5-15-21)17-19-12-8(23)7-9(24)13(14(12)25)20-18-11-4-6-16-22(11)2/h3-7,17-18,23H,1-2H3/b19-12+,20-13+. The number of anilines is 2. The summed E-state index contributed by atoms with van der Waals surface area (Å²) in [5.74, 6) is 0.444. The average molecular weight is 342 g/mol. The maximum atomic E-state index is 12.4. The number of nitrogens with one attached hydrogen (secondary N) is 2. The van der Waals surface area contributed by atoms with Crippen molar-refractivity contribution in [2.75, 3.05) is 10.9 Å². The van der Waals surface area contributed by atoms with Gasteiger partial charge in [-0.2, -0.15) is 20.4 Å². The van der Waals surface area contributed by atoms with Crippen LogP contribution in [-0.4, -0.2) is 24.7 Å². The van der Waals surface area contributed by atoms with Crippen LogP contribution in [0.1, 0.15) is 0 Å². The number of rotatable bonds is 4. The molecule has 11 nitrogen and oxygen atoms in total. The second-order valence-corrected chi connectivity index (χ2v) is 5.05. The van der Waals surface area contributed by atoms with Crippen LogP contribution in [0.5, 0.6) is 5.75 Å². The largest absolute Gasteiger partial charge is 0.505 e. The fraction of sp³-hybridized carbons (Fsp3) is 0.143. The Morgan fingerprint density at radius 2 is 1.48 bits per heavy atom. The Bertz CT molecular complexity index is 1130. The van der Waals surface area contributed by atoms with Crippen molar-refractivity contribution >= 4 is 11.6 Å². The third-order valence-corrected chi connectivity index (χ3v) is 3.38. The molecular formula is C14H14N8O3. The third kappa shape index (κ3) is 3.15. The summed E-state index contributed by atoms with van der Waals surface area (Å²) >= 11 is 0. The molecule has 0 radical (unpaired) electrons. The summed E-state index contributed by atoms with van der Waals surface area (Å²) in [5.41, 5.74) is 3.65. The van der Waals surface area contributed by atoms with E-state index < -0.39 is 22.0 Å². The monoisotopic (exact) mass is 342 g/mol. The van der Waals surface area contributed by atoms with E-state index in [4.69, 9.17) is 0 Å². The molecule has 0 aliphatic heterocycles. The summed E-state index contributed by atoms with van der Waals surface area (Å²) in [6.45, 7) is 0. The normalized spacial score (nSPS) is 12.6. The van der Waals surface area contributed by atoms with Crippen molar-refractivity contribution in [3.63, 3.8) is 0 Å². The Balaban J connectivity index is 2.06. The summed E-state index contributed by atoms with van der Waals surface area (Å²) in [4.78, 5) is 24.4. The van der Waals surface area contributed by atoms with Gasteiger partial charge < -0.3 is 5.11 Å². The molecular weight excluding hydrogens is 328 g/mol. The molecule has 0 atom stereocenters. The minimum absolute atomic E-state index is 0.327. The van der Waals surface area contributed by atoms with Crippen molar-refractivity contribution in [1.29, 1.82) is 0 Å². The molecule has 11 heteroatoms. The minimum atomic E-state index is -0.811. The van der Waals surface area contributed by atoms with Gasteiger partial charge in [-0.3, -0.25) is 29.8 Å². The Morgan fingerprint density at radius 1 is 0.960 bits per heavy atom. The maximum absolute atomic E-state index is 12.4. The van der Waals surface area contributed by atoms with Gasteiger partial charge in [0.25, 0.3) is 0 Å². The van der Waals surface area contributed by atoms with Gasteiger partial charge in [-0.15, -0.1) is 0 Å². The fourth-order valence-electron chi connectivity index (χ4n) is 2.01. The number of aryl methyl sites for hydroxylation is 2. The molecule has 2 heterocycles. The van der Waals surface area contributed by atoms with E-state index in [2.05, 4.69) is 31.3 Å². The molecule has 2 aromatic heterocycles. The topological polar surface area (TPSA) is 139 Å². The highest BCUT2D eigenvalue weighted by atomic mass is 16.3. The molecule has 3 N–H and O–H groups in total. The Kier molecular flexibility index (Phi) is 4.12. The zero-order valence-corrected chi connectivity index (χ0v) is 13.3. The first-order valence-corrected chi connectivity index (χ1v) is 7.11. The second kappa shape index (κ2) is 6.39. The number of benzene rings is 1. The van der Waals surface area contributed by atoms with Crippen LogP contribution in [0, 0.1) is 0 Å². The lowest BCUT2D eigenvalue weighted by Gasteiger charge is -2.00. The summed E-state index contributed by atoms with van der Waals surface area (Å²) in [6, 6.07) is 4.13. The number of aromatic nitrogens is 4. The van der Waals surface area contributed by atoms with Crippen LogP contribution in [0.25, 0.3) is 0 Å². The van der Waals surface area contributed by atoms with Crippen molar-refractivity contribution < 1.29 is 5.11 Å². The number of nitrogens with zero attached hydrogens (tertiary/aromatic N) is 6. The molecule has 25 heavy (non-hydrogen) atoms. The van der Waals surface area contributed by atoms with Gasteiger partial charge >= 0.3 is 0 Å². The van der Waals surface area contributed by atoms with E-state index in [1.807, 2.05) is 0 Å². The first-order valence-electron chi connectivity index (χ1n) is 7.11. The van der Waals surface area contributed by atoms with Crippen molar-refractivity contribution in [2.45, 2.75) is 0 Å². The molecule has 0 aliphatic rings. The first-order chi connectivity index (χ1) is 12.0. The molecule has 0 aliphatic carbocycles. The summed E-state index contributed by atoms with van der Waals surface area (Å²) in [5, 5.41) is 24.7. The Morgan fingerprint density at radius 3 is 1.96 bits per heavy atom. The van der Waals surface area contributed by atoms with Crippen molar-refractivity contribution in [1.82, 2.24) is 19.6 Å². The molecule has 1 aromatic carbocycles. The number of hydrogen-bond donors (Lipinski definition) is 3. The van der Waals surface area contributed by atoms with E-state index >= 15 is 0 Å². The highest BCUT2D eigenvalue weighted by Crippen LogP contribution is 2.02. The van der Waals surface area contributed by atoms with Crippen molar-refractivity contribution in [3.05, 3.63) is 61.8 Å². The van der Waals surface area contributed by atoms with Crippen LogP contribution in [0.4, 0.5) is 11.6 Å². The predicted octanol–water partition coefficient (Wildman–Crippen LogP) is -1.69. The van der Waals surface area contributed by atoms with E-state index in [-0.39, 0.29) is 5.36 Å². The van der Waals surface area contributed by atoms with Gasteiger partial charge in [-0.05, 0) is 0 Å². The van der Waals surface area contributed by atoms with E-state index in [1.54, 1.807) is 26.2 Å². The highest BCUT2D eigenvalue weighted by molar-refractivity contribution is 5.33. The number of aromatic hydroxyl groups is 1. The molecule has 3 aromatic rings. The molecule has 3 rings (SSSR count). The van der Waals surface area contributed by atoms with Crippen LogP contribution < -0.4 is 32.4 Å². The van der Waals surface area contributed by atoms with Crippen molar-refractivity contribution in [3.8, 4) is 5.75 Å². The number of phenolic OH excluding ortho intramolecular Hbond substituents is 1. The van der Waals surface area contributed by atoms with Gasteiger partial charge in [0, 0.05) is 32.3 Å². The SMILES string of the molecule is Cn1nccc1N/N=c1\c(O)cc(=O)/c(=N\Nc2ccnn2C)c1=O. The van der Waals surface area contributed by atoms with Crippen LogP contribution in [0.3, 0.4) is 0 Å². The molecule has 128 valence electrons. The molecule has 0 saturated heterocycles. The Hall–Kier alpha value is -3.76. The van der Waals surface area contributed by atoms with E-state index in [0.29, 0.717) is 11.6 Å². The number of phenols is 1. The molecule has 0 saturated carbocycles. The highest BCUT2D eigenvalue weighted by Gasteiger charge is 2.08. The molecule has 0 amide bonds. The Labute approximate surface area is 139 Å². The van der Waals surface area contributed by atoms with Crippen molar-refractivity contribution in [2.24, 2.45) is 24.3 Å². The molecule has 0 fully saturated rings. The molecule has 0 unspecified atom stereocenters. The zero-order valence-electron chi connectivity index (χ0n) is 13.3. The van der Waals surface area contributed by atoms with Gasteiger partial charge in [0.15, 0.2) is 16.5 Å². The van der Waals surface area contributed by atoms with Gasteiger partial charge in [0.1, 0.15) is 11.6 Å². The quantitative estimate of drug-likeness (QED) is 0.481. The lowest BCUT2D eigenvalue weighted by molar-refractivity contribution is 0.466. The van der Waals surface area contributed by atoms with Gasteiger partial charge in [0.05, 0.1) is 12.4 Å². The summed E-state index contributed by atoms with van der Waals surface area (Å²) in [6.07, 6.45) is 3.07. The van der Waals surface area contributed by atoms with Crippen LogP contribution in [0.15, 0.2) is 50.4 Å². The van der Waals surface area contributed by atoms with Crippen LogP contribution in [0.2, 0.25) is 0 Å². The zero-order chi connectivity index (χ0) is 18.0. The number of hydrogen-bond acceptors (Lipinski definition) is 9. The van der Waals surface area contributed by atoms with E-state index in [1.165, 1.54) is 21.8 Å². The van der Waals surface area contributed by atoms with E-state index in [9.17, 15) is 14.7 Å². The lowest BCUT2D eigenvalue weighted by atomic mass is 10.3. The predicted molar refractivity (Wildman–Crippen MR) is 87.8 cm³/mol. The first kappa shape index (κ1) is 16.1. The van der Waals surface area contributed by atoms with E-state index in [0.717, 1.165) is 6.07 Å². The summed E-state index contributed by atoms with van der Waals surface area (Å²) < 4.78 is 2.97. The maximum Gasteiger partial charge on any atom is 0.241 e. The second-order valence-electron chi connectivity index (χ2n) is 5.05. The third-order valence-electron chi connectivity index (χ3n) is 3.38. The smallest absolute Gasteiger partial charge is 0.241 e. The van der Waals surface area contributed by atoms with Gasteiger partial charge in [-0.1, -0.05) is 0 Å². The molecule has 0 spiro atoms. The minimum Gasteiger partial charge on any atom is -0.505 e. The lowest BCUT2D eigenvalue weighted by Crippen LogP contribution is -2.48. The molecule has 0 bridgehead atoms. The van der Waals surface area contributed by atoms with Crippen LogP contribution in [-0.2, 0) is 14.1 Å². The fourth-order valence-corrected chi connectivity index (χ4v) is 2.01.